The molecule has 11 heteroatoms. The smallest absolute Gasteiger partial charge is 0.378 e. The van der Waals surface area contributed by atoms with Crippen LogP contribution in [0.5, 0.6) is 0 Å². The van der Waals surface area contributed by atoms with Gasteiger partial charge in [-0.15, -0.1) is 0 Å². The van der Waals surface area contributed by atoms with Crippen molar-refractivity contribution in [2.75, 3.05) is 31.2 Å². The molecule has 224 valence electrons. The first-order chi connectivity index (χ1) is 21.1. The van der Waals surface area contributed by atoms with Gasteiger partial charge in [0.1, 0.15) is 0 Å². The van der Waals surface area contributed by atoms with E-state index in [9.17, 15) is 26.3 Å². The summed E-state index contributed by atoms with van der Waals surface area (Å²) in [7, 11) is 0. The number of benzene rings is 4. The summed E-state index contributed by atoms with van der Waals surface area (Å²) in [4.78, 5) is 15.9. The molecule has 1 aliphatic heterocycles. The predicted octanol–water partition coefficient (Wildman–Crippen LogP) is 8.41. The highest BCUT2D eigenvalue weighted by Crippen LogP contribution is 2.35. The zero-order valence-corrected chi connectivity index (χ0v) is 23.0. The van der Waals surface area contributed by atoms with Crippen LogP contribution < -0.4 is 4.90 Å². The zero-order valence-electron chi connectivity index (χ0n) is 23.0. The highest BCUT2D eigenvalue weighted by atomic mass is 19.4. The number of morpholine rings is 1. The SMILES string of the molecule is FC(F)(F)c1ccc(-c2nc(-c3ccc(C(F)(F)F)cc3)nc(-c3ccccc3-c3ccc(N4CCOCC4)cc3)n2)cc1. The van der Waals surface area contributed by atoms with Crippen molar-refractivity contribution < 1.29 is 31.1 Å². The van der Waals surface area contributed by atoms with E-state index >= 15 is 0 Å². The largest absolute Gasteiger partial charge is 0.416 e. The van der Waals surface area contributed by atoms with Crippen LogP contribution in [0, 0.1) is 0 Å². The summed E-state index contributed by atoms with van der Waals surface area (Å²) < 4.78 is 84.7. The van der Waals surface area contributed by atoms with Gasteiger partial charge in [-0.05, 0) is 47.5 Å². The molecule has 0 bridgehead atoms. The Bertz CT molecular complexity index is 1670. The normalized spacial score (nSPS) is 14.1. The zero-order chi connectivity index (χ0) is 30.9. The Hall–Kier alpha value is -4.77. The van der Waals surface area contributed by atoms with Crippen LogP contribution in [0.15, 0.2) is 97.1 Å². The van der Waals surface area contributed by atoms with E-state index in [0.29, 0.717) is 29.9 Å². The van der Waals surface area contributed by atoms with E-state index in [1.54, 1.807) is 6.07 Å². The maximum absolute atomic E-state index is 13.2. The summed E-state index contributed by atoms with van der Waals surface area (Å²) in [6.07, 6.45) is -9.05. The Kier molecular flexibility index (Phi) is 7.81. The molecule has 1 saturated heterocycles. The van der Waals surface area contributed by atoms with E-state index in [-0.39, 0.29) is 17.5 Å². The molecule has 1 fully saturated rings. The fourth-order valence-corrected chi connectivity index (χ4v) is 4.97. The minimum absolute atomic E-state index is 0.0797. The molecule has 0 amide bonds. The average Bonchev–Trinajstić information content (AvgIpc) is 3.04. The van der Waals surface area contributed by atoms with Crippen LogP contribution in [-0.4, -0.2) is 41.3 Å². The minimum Gasteiger partial charge on any atom is -0.378 e. The quantitative estimate of drug-likeness (QED) is 0.188. The molecule has 0 atom stereocenters. The highest BCUT2D eigenvalue weighted by Gasteiger charge is 2.31. The Balaban J connectivity index is 1.44. The van der Waals surface area contributed by atoms with Crippen molar-refractivity contribution in [3.05, 3.63) is 108 Å². The van der Waals surface area contributed by atoms with Gasteiger partial charge in [-0.1, -0.05) is 60.7 Å². The molecule has 0 N–H and O–H groups in total. The average molecular weight is 607 g/mol. The molecular formula is C33H24F6N4O. The van der Waals surface area contributed by atoms with Gasteiger partial charge in [0.25, 0.3) is 0 Å². The number of halogens is 6. The number of rotatable bonds is 5. The molecule has 0 unspecified atom stereocenters. The number of aromatic nitrogens is 3. The molecule has 5 aromatic rings. The Morgan fingerprint density at radius 2 is 0.932 bits per heavy atom. The molecule has 5 nitrogen and oxygen atoms in total. The number of hydrogen-bond acceptors (Lipinski definition) is 5. The van der Waals surface area contributed by atoms with Crippen LogP contribution >= 0.6 is 0 Å². The summed E-state index contributed by atoms with van der Waals surface area (Å²) in [5, 5.41) is 0. The third kappa shape index (κ3) is 6.28. The molecular weight excluding hydrogens is 582 g/mol. The number of hydrogen-bond donors (Lipinski definition) is 0. The first-order valence-corrected chi connectivity index (χ1v) is 13.7. The van der Waals surface area contributed by atoms with Gasteiger partial charge in [0, 0.05) is 35.5 Å². The van der Waals surface area contributed by atoms with Crippen molar-refractivity contribution in [2.24, 2.45) is 0 Å². The lowest BCUT2D eigenvalue weighted by Gasteiger charge is -2.29. The van der Waals surface area contributed by atoms with Crippen LogP contribution in [0.1, 0.15) is 11.1 Å². The molecule has 1 aromatic heterocycles. The van der Waals surface area contributed by atoms with Gasteiger partial charge < -0.3 is 9.64 Å². The summed E-state index contributed by atoms with van der Waals surface area (Å²) in [6.45, 7) is 2.90. The van der Waals surface area contributed by atoms with Gasteiger partial charge in [0.15, 0.2) is 17.5 Å². The van der Waals surface area contributed by atoms with E-state index in [4.69, 9.17) is 4.74 Å². The van der Waals surface area contributed by atoms with Crippen LogP contribution in [0.4, 0.5) is 32.0 Å². The number of anilines is 1. The van der Waals surface area contributed by atoms with Gasteiger partial charge >= 0.3 is 12.4 Å². The van der Waals surface area contributed by atoms with Crippen molar-refractivity contribution in [3.8, 4) is 45.3 Å². The maximum atomic E-state index is 13.2. The molecule has 6 rings (SSSR count). The Morgan fingerprint density at radius 3 is 1.41 bits per heavy atom. The maximum Gasteiger partial charge on any atom is 0.416 e. The lowest BCUT2D eigenvalue weighted by Crippen LogP contribution is -2.36. The first-order valence-electron chi connectivity index (χ1n) is 13.7. The van der Waals surface area contributed by atoms with Crippen molar-refractivity contribution in [1.82, 2.24) is 15.0 Å². The second kappa shape index (κ2) is 11.7. The Morgan fingerprint density at radius 1 is 0.500 bits per heavy atom. The van der Waals surface area contributed by atoms with Gasteiger partial charge in [-0.2, -0.15) is 26.3 Å². The molecule has 0 spiro atoms. The summed E-state index contributed by atoms with van der Waals surface area (Å²) in [6, 6.07) is 24.2. The topological polar surface area (TPSA) is 51.1 Å². The highest BCUT2D eigenvalue weighted by molar-refractivity contribution is 5.82. The summed E-state index contributed by atoms with van der Waals surface area (Å²) in [5.41, 5.74) is 2.28. The van der Waals surface area contributed by atoms with Crippen molar-refractivity contribution >= 4 is 5.69 Å². The van der Waals surface area contributed by atoms with E-state index in [2.05, 4.69) is 19.9 Å². The molecule has 4 aromatic carbocycles. The standard InChI is InChI=1S/C33H24F6N4O/c34-32(35,36)24-11-5-22(6-12-24)29-40-30(23-7-13-25(14-8-23)33(37,38)39)42-31(41-29)28-4-2-1-3-27(28)21-9-15-26(16-10-21)43-17-19-44-20-18-43/h1-16H,17-20H2. The van der Waals surface area contributed by atoms with Gasteiger partial charge in [-0.25, -0.2) is 15.0 Å². The van der Waals surface area contributed by atoms with Crippen LogP contribution in [0.2, 0.25) is 0 Å². The summed E-state index contributed by atoms with van der Waals surface area (Å²) >= 11 is 0. The third-order valence-electron chi connectivity index (χ3n) is 7.30. The van der Waals surface area contributed by atoms with Crippen LogP contribution in [0.25, 0.3) is 45.3 Å². The van der Waals surface area contributed by atoms with Crippen molar-refractivity contribution in [3.63, 3.8) is 0 Å². The molecule has 0 saturated carbocycles. The second-order valence-corrected chi connectivity index (χ2v) is 10.1. The molecule has 44 heavy (non-hydrogen) atoms. The fraction of sp³-hybridized carbons (Fsp3) is 0.182. The molecule has 0 aliphatic carbocycles. The second-order valence-electron chi connectivity index (χ2n) is 10.1. The van der Waals surface area contributed by atoms with Gasteiger partial charge in [0.05, 0.1) is 24.3 Å². The number of nitrogens with zero attached hydrogens (tertiary/aromatic N) is 4. The van der Waals surface area contributed by atoms with Crippen molar-refractivity contribution in [1.29, 1.82) is 0 Å². The monoisotopic (exact) mass is 606 g/mol. The van der Waals surface area contributed by atoms with E-state index in [1.807, 2.05) is 42.5 Å². The summed E-state index contributed by atoms with van der Waals surface area (Å²) in [5.74, 6) is 0.379. The number of alkyl halides is 6. The van der Waals surface area contributed by atoms with Crippen molar-refractivity contribution in [2.45, 2.75) is 12.4 Å². The molecule has 2 heterocycles. The molecule has 0 radical (unpaired) electrons. The van der Waals surface area contributed by atoms with Gasteiger partial charge in [0.2, 0.25) is 0 Å². The lowest BCUT2D eigenvalue weighted by molar-refractivity contribution is -0.138. The van der Waals surface area contributed by atoms with Crippen LogP contribution in [0.3, 0.4) is 0 Å². The Labute approximate surface area is 248 Å². The lowest BCUT2D eigenvalue weighted by atomic mass is 9.98. The van der Waals surface area contributed by atoms with E-state index in [1.165, 1.54) is 24.3 Å². The first kappa shape index (κ1) is 29.3. The van der Waals surface area contributed by atoms with Gasteiger partial charge in [-0.3, -0.25) is 0 Å². The fourth-order valence-electron chi connectivity index (χ4n) is 4.97. The minimum atomic E-state index is -4.52. The van der Waals surface area contributed by atoms with Crippen LogP contribution in [-0.2, 0) is 17.1 Å². The van der Waals surface area contributed by atoms with E-state index < -0.39 is 23.5 Å². The number of ether oxygens (including phenoxy) is 1. The predicted molar refractivity (Wildman–Crippen MR) is 155 cm³/mol. The van der Waals surface area contributed by atoms with E-state index in [0.717, 1.165) is 54.2 Å². The third-order valence-corrected chi connectivity index (χ3v) is 7.30. The molecule has 1 aliphatic rings.